The Morgan fingerprint density at radius 3 is 2.88 bits per heavy atom. The first kappa shape index (κ1) is 16.5. The smallest absolute Gasteiger partial charge is 0.273 e. The van der Waals surface area contributed by atoms with Gasteiger partial charge in [-0.1, -0.05) is 11.2 Å². The van der Waals surface area contributed by atoms with Gasteiger partial charge in [0.15, 0.2) is 23.1 Å². The van der Waals surface area contributed by atoms with Gasteiger partial charge >= 0.3 is 0 Å². The molecule has 2 heterocycles. The molecule has 0 saturated carbocycles. The monoisotopic (exact) mass is 340 g/mol. The predicted octanol–water partition coefficient (Wildman–Crippen LogP) is 2.45. The molecule has 1 unspecified atom stereocenters. The number of halogens is 3. The Morgan fingerprint density at radius 2 is 2.12 bits per heavy atom. The van der Waals surface area contributed by atoms with Gasteiger partial charge in [0, 0.05) is 31.6 Å². The molecule has 1 saturated heterocycles. The van der Waals surface area contributed by atoms with Crippen molar-refractivity contribution in [3.8, 4) is 0 Å². The number of carbonyl (C=O) groups is 1. The van der Waals surface area contributed by atoms with Crippen LogP contribution < -0.4 is 5.32 Å². The van der Waals surface area contributed by atoms with Crippen molar-refractivity contribution in [3.05, 3.63) is 52.7 Å². The minimum atomic E-state index is -1.54. The SMILES string of the molecule is O=C(NCC1CCOC1)c1cc(Cc2ccc(F)c(F)c2F)on1. The van der Waals surface area contributed by atoms with Crippen molar-refractivity contribution in [1.29, 1.82) is 0 Å². The molecule has 0 radical (unpaired) electrons. The number of benzene rings is 1. The largest absolute Gasteiger partial charge is 0.381 e. The van der Waals surface area contributed by atoms with E-state index in [4.69, 9.17) is 9.26 Å². The summed E-state index contributed by atoms with van der Waals surface area (Å²) in [6, 6.07) is 3.30. The number of ether oxygens (including phenoxy) is 1. The summed E-state index contributed by atoms with van der Waals surface area (Å²) in [7, 11) is 0. The average molecular weight is 340 g/mol. The summed E-state index contributed by atoms with van der Waals surface area (Å²) in [4.78, 5) is 12.0. The Hall–Kier alpha value is -2.35. The average Bonchev–Trinajstić information content (AvgIpc) is 3.25. The number of nitrogens with zero attached hydrogens (tertiary/aromatic N) is 1. The molecule has 1 fully saturated rings. The molecule has 8 heteroatoms. The fourth-order valence-electron chi connectivity index (χ4n) is 2.47. The third kappa shape index (κ3) is 3.59. The van der Waals surface area contributed by atoms with E-state index in [0.29, 0.717) is 19.8 Å². The molecule has 0 spiro atoms. The zero-order chi connectivity index (χ0) is 17.1. The van der Waals surface area contributed by atoms with Crippen molar-refractivity contribution in [1.82, 2.24) is 10.5 Å². The van der Waals surface area contributed by atoms with Crippen LogP contribution in [0.2, 0.25) is 0 Å². The second-order valence-corrected chi connectivity index (χ2v) is 5.63. The molecular formula is C16H15F3N2O3. The Morgan fingerprint density at radius 1 is 1.29 bits per heavy atom. The number of carbonyl (C=O) groups excluding carboxylic acids is 1. The maximum Gasteiger partial charge on any atom is 0.273 e. The van der Waals surface area contributed by atoms with E-state index >= 15 is 0 Å². The van der Waals surface area contributed by atoms with E-state index in [2.05, 4.69) is 10.5 Å². The maximum absolute atomic E-state index is 13.6. The van der Waals surface area contributed by atoms with Gasteiger partial charge < -0.3 is 14.6 Å². The van der Waals surface area contributed by atoms with Gasteiger partial charge in [0.05, 0.1) is 6.61 Å². The van der Waals surface area contributed by atoms with Crippen molar-refractivity contribution >= 4 is 5.91 Å². The van der Waals surface area contributed by atoms with Gasteiger partial charge in [-0.2, -0.15) is 0 Å². The molecule has 3 rings (SSSR count). The molecule has 1 amide bonds. The summed E-state index contributed by atoms with van der Waals surface area (Å²) in [5, 5.41) is 6.34. The summed E-state index contributed by atoms with van der Waals surface area (Å²) < 4.78 is 49.9. The first-order valence-corrected chi connectivity index (χ1v) is 7.48. The van der Waals surface area contributed by atoms with E-state index in [0.717, 1.165) is 18.6 Å². The van der Waals surface area contributed by atoms with Gasteiger partial charge in [0.25, 0.3) is 5.91 Å². The Kier molecular flexibility index (Phi) is 4.84. The summed E-state index contributed by atoms with van der Waals surface area (Å²) >= 11 is 0. The van der Waals surface area contributed by atoms with Gasteiger partial charge in [-0.25, -0.2) is 13.2 Å². The van der Waals surface area contributed by atoms with Gasteiger partial charge in [-0.3, -0.25) is 4.79 Å². The number of nitrogens with one attached hydrogen (secondary N) is 1. The van der Waals surface area contributed by atoms with Crippen molar-refractivity contribution < 1.29 is 27.2 Å². The van der Waals surface area contributed by atoms with Gasteiger partial charge in [0.2, 0.25) is 0 Å². The molecule has 2 aromatic rings. The number of amides is 1. The molecule has 24 heavy (non-hydrogen) atoms. The van der Waals surface area contributed by atoms with E-state index in [-0.39, 0.29) is 29.4 Å². The molecule has 1 aromatic heterocycles. The highest BCUT2D eigenvalue weighted by Gasteiger charge is 2.20. The molecule has 1 aliphatic rings. The Bertz CT molecular complexity index is 742. The molecule has 1 aromatic carbocycles. The summed E-state index contributed by atoms with van der Waals surface area (Å²) in [6.45, 7) is 1.77. The lowest BCUT2D eigenvalue weighted by molar-refractivity contribution is 0.0936. The molecule has 1 atom stereocenters. The zero-order valence-corrected chi connectivity index (χ0v) is 12.7. The van der Waals surface area contributed by atoms with Crippen LogP contribution in [0.15, 0.2) is 22.7 Å². The number of rotatable bonds is 5. The van der Waals surface area contributed by atoms with E-state index in [1.165, 1.54) is 6.07 Å². The summed E-state index contributed by atoms with van der Waals surface area (Å²) in [5.74, 6) is -4.04. The topological polar surface area (TPSA) is 64.4 Å². The maximum atomic E-state index is 13.6. The van der Waals surface area contributed by atoms with Crippen LogP contribution in [0.3, 0.4) is 0 Å². The third-order valence-electron chi connectivity index (χ3n) is 3.85. The third-order valence-corrected chi connectivity index (χ3v) is 3.85. The van der Waals surface area contributed by atoms with Gasteiger partial charge in [0.1, 0.15) is 5.76 Å². The molecule has 1 N–H and O–H groups in total. The zero-order valence-electron chi connectivity index (χ0n) is 12.7. The van der Waals surface area contributed by atoms with Crippen molar-refractivity contribution in [2.75, 3.05) is 19.8 Å². The molecule has 0 aliphatic carbocycles. The number of aromatic nitrogens is 1. The first-order chi connectivity index (χ1) is 11.5. The van der Waals surface area contributed by atoms with Crippen molar-refractivity contribution in [3.63, 3.8) is 0 Å². The van der Waals surface area contributed by atoms with Crippen LogP contribution in [0.25, 0.3) is 0 Å². The molecule has 5 nitrogen and oxygen atoms in total. The van der Waals surface area contributed by atoms with Crippen LogP contribution in [0, 0.1) is 23.4 Å². The van der Waals surface area contributed by atoms with Crippen LogP contribution in [0.5, 0.6) is 0 Å². The van der Waals surface area contributed by atoms with E-state index < -0.39 is 23.4 Å². The van der Waals surface area contributed by atoms with E-state index in [9.17, 15) is 18.0 Å². The summed E-state index contributed by atoms with van der Waals surface area (Å²) in [5.41, 5.74) is -0.0352. The first-order valence-electron chi connectivity index (χ1n) is 7.48. The van der Waals surface area contributed by atoms with Crippen LogP contribution in [-0.4, -0.2) is 30.8 Å². The van der Waals surface area contributed by atoms with Crippen LogP contribution in [0.4, 0.5) is 13.2 Å². The highest BCUT2D eigenvalue weighted by Crippen LogP contribution is 2.19. The minimum absolute atomic E-state index is 0.0481. The van der Waals surface area contributed by atoms with Gasteiger partial charge in [-0.15, -0.1) is 0 Å². The van der Waals surface area contributed by atoms with Crippen LogP contribution >= 0.6 is 0 Å². The second-order valence-electron chi connectivity index (χ2n) is 5.63. The van der Waals surface area contributed by atoms with Crippen molar-refractivity contribution in [2.24, 2.45) is 5.92 Å². The van der Waals surface area contributed by atoms with Crippen molar-refractivity contribution in [2.45, 2.75) is 12.8 Å². The minimum Gasteiger partial charge on any atom is -0.381 e. The highest BCUT2D eigenvalue weighted by atomic mass is 19.2. The quantitative estimate of drug-likeness (QED) is 0.849. The lowest BCUT2D eigenvalue weighted by Gasteiger charge is -2.07. The number of hydrogen-bond acceptors (Lipinski definition) is 4. The highest BCUT2D eigenvalue weighted by molar-refractivity contribution is 5.92. The summed E-state index contributed by atoms with van der Waals surface area (Å²) in [6.07, 6.45) is 0.750. The normalized spacial score (nSPS) is 17.2. The number of hydrogen-bond donors (Lipinski definition) is 1. The standard InChI is InChI=1S/C16H15F3N2O3/c17-12-2-1-10(14(18)15(12)19)5-11-6-13(21-24-11)16(22)20-7-9-3-4-23-8-9/h1-2,6,9H,3-5,7-8H2,(H,20,22). The second kappa shape index (κ2) is 7.04. The van der Waals surface area contributed by atoms with Crippen LogP contribution in [0.1, 0.15) is 28.2 Å². The molecule has 128 valence electrons. The predicted molar refractivity (Wildman–Crippen MR) is 76.9 cm³/mol. The molecular weight excluding hydrogens is 325 g/mol. The molecule has 0 bridgehead atoms. The Balaban J connectivity index is 1.62. The molecule has 1 aliphatic heterocycles. The fourth-order valence-corrected chi connectivity index (χ4v) is 2.47. The fraction of sp³-hybridized carbons (Fsp3) is 0.375. The van der Waals surface area contributed by atoms with E-state index in [1.807, 2.05) is 0 Å². The lowest BCUT2D eigenvalue weighted by Crippen LogP contribution is -2.29. The van der Waals surface area contributed by atoms with E-state index in [1.54, 1.807) is 0 Å². The Labute approximate surface area is 135 Å². The lowest BCUT2D eigenvalue weighted by atomic mass is 10.1. The van der Waals surface area contributed by atoms with Crippen LogP contribution in [-0.2, 0) is 11.2 Å². The van der Waals surface area contributed by atoms with Gasteiger partial charge in [-0.05, 0) is 18.1 Å².